The molecule has 0 saturated carbocycles. The zero-order chi connectivity index (χ0) is 35.3. The number of benzene rings is 4. The van der Waals surface area contributed by atoms with Crippen molar-refractivity contribution in [2.45, 2.75) is 41.8 Å². The number of amides is 3. The van der Waals surface area contributed by atoms with Crippen LogP contribution in [0.25, 0.3) is 10.8 Å². The van der Waals surface area contributed by atoms with Crippen molar-refractivity contribution in [3.63, 3.8) is 0 Å². The van der Waals surface area contributed by atoms with E-state index in [4.69, 9.17) is 4.74 Å². The first-order chi connectivity index (χ1) is 24.8. The van der Waals surface area contributed by atoms with Gasteiger partial charge in [0.1, 0.15) is 11.8 Å². The van der Waals surface area contributed by atoms with E-state index in [1.54, 1.807) is 26.5 Å². The maximum atomic E-state index is 15.2. The predicted molar refractivity (Wildman–Crippen MR) is 202 cm³/mol. The summed E-state index contributed by atoms with van der Waals surface area (Å²) in [5.74, 6) is -1.52. The quantitative estimate of drug-likeness (QED) is 0.226. The Hall–Kier alpha value is -4.86. The second-order valence-corrected chi connectivity index (χ2v) is 15.7. The lowest BCUT2D eigenvalue weighted by molar-refractivity contribution is -0.142. The lowest BCUT2D eigenvalue weighted by Gasteiger charge is -2.40. The molecular weight excluding hydrogens is 659 g/mol. The summed E-state index contributed by atoms with van der Waals surface area (Å²) < 4.78 is 3.83. The van der Waals surface area contributed by atoms with Crippen LogP contribution in [0.4, 0.5) is 11.4 Å². The van der Waals surface area contributed by atoms with Crippen molar-refractivity contribution in [3.05, 3.63) is 127 Å². The van der Waals surface area contributed by atoms with E-state index in [0.29, 0.717) is 26.1 Å². The summed E-state index contributed by atoms with van der Waals surface area (Å²) in [6.45, 7) is 4.84. The zero-order valence-electron chi connectivity index (χ0n) is 28.7. The number of nitrogens with zero attached hydrogens (tertiary/aromatic N) is 3. The molecule has 1 unspecified atom stereocenters. The van der Waals surface area contributed by atoms with Crippen molar-refractivity contribution in [1.82, 2.24) is 4.90 Å². The van der Waals surface area contributed by atoms with E-state index >= 15 is 9.59 Å². The molecule has 0 aliphatic carbocycles. The van der Waals surface area contributed by atoms with Gasteiger partial charge < -0.3 is 24.5 Å². The molecule has 260 valence electrons. The zero-order valence-corrected chi connectivity index (χ0v) is 29.5. The van der Waals surface area contributed by atoms with Gasteiger partial charge in [0.25, 0.3) is 5.91 Å². The van der Waals surface area contributed by atoms with E-state index in [9.17, 15) is 9.90 Å². The molecule has 8 rings (SSSR count). The number of thioether (sulfide) groups is 1. The highest BCUT2D eigenvalue weighted by molar-refractivity contribution is 8.02. The molecule has 1 N–H and O–H groups in total. The number of likely N-dealkylation sites (tertiary alicyclic amines) is 1. The second kappa shape index (κ2) is 13.0. The lowest BCUT2D eigenvalue weighted by Crippen LogP contribution is -2.57. The number of aliphatic hydroxyl groups is 1. The van der Waals surface area contributed by atoms with Crippen LogP contribution in [0, 0.1) is 11.8 Å². The molecule has 8 nitrogen and oxygen atoms in total. The highest BCUT2D eigenvalue weighted by Gasteiger charge is 2.74. The molecule has 3 amide bonds. The second-order valence-electron chi connectivity index (χ2n) is 13.9. The third kappa shape index (κ3) is 5.45. The number of fused-ring (bicyclic) bond motifs is 3. The molecule has 9 heteroatoms. The Morgan fingerprint density at radius 2 is 1.45 bits per heavy atom. The third-order valence-electron chi connectivity index (χ3n) is 10.9. The van der Waals surface area contributed by atoms with Crippen LogP contribution in [0.5, 0.6) is 5.75 Å². The fraction of sp³-hybridized carbons (Fsp3) is 0.310. The highest BCUT2D eigenvalue weighted by atomic mass is 32.2. The highest BCUT2D eigenvalue weighted by Crippen LogP contribution is 2.66. The van der Waals surface area contributed by atoms with Gasteiger partial charge in [-0.25, -0.2) is 0 Å². The minimum absolute atomic E-state index is 0.157. The average Bonchev–Trinajstić information content (AvgIpc) is 3.42. The van der Waals surface area contributed by atoms with Gasteiger partial charge in [-0.15, -0.1) is 11.8 Å². The number of rotatable bonds is 8. The number of hydrogen-bond donors (Lipinski definition) is 1. The molecule has 4 aliphatic heterocycles. The summed E-state index contributed by atoms with van der Waals surface area (Å²) in [7, 11) is 0. The van der Waals surface area contributed by atoms with Gasteiger partial charge in [-0.3, -0.25) is 14.4 Å². The monoisotopic (exact) mass is 699 g/mol. The SMILES string of the molecule is CCOc1ccc(N2CC=C[C@]3(C)S[C@]45C=CCN(c6ccc7ccccc7c6)C(=O)C4N([C@@H](CO)Cc4ccccc4)C(=O)[C@@H]5[C@@H]3C2=O)cc1. The number of carbonyl (C=O) groups is 3. The van der Waals surface area contributed by atoms with Crippen molar-refractivity contribution in [2.75, 3.05) is 36.1 Å². The van der Waals surface area contributed by atoms with E-state index in [2.05, 4.69) is 6.08 Å². The average molecular weight is 700 g/mol. The van der Waals surface area contributed by atoms with Gasteiger partial charge in [0.2, 0.25) is 11.8 Å². The van der Waals surface area contributed by atoms with Crippen LogP contribution in [0.2, 0.25) is 0 Å². The molecule has 2 fully saturated rings. The third-order valence-corrected chi connectivity index (χ3v) is 12.7. The molecule has 1 spiro atoms. The molecule has 6 atom stereocenters. The van der Waals surface area contributed by atoms with Crippen LogP contribution in [-0.2, 0) is 20.8 Å². The van der Waals surface area contributed by atoms with Gasteiger partial charge in [0.05, 0.1) is 35.8 Å². The Labute approximate surface area is 302 Å². The van der Waals surface area contributed by atoms with Crippen LogP contribution < -0.4 is 14.5 Å². The van der Waals surface area contributed by atoms with E-state index in [1.165, 1.54) is 0 Å². The van der Waals surface area contributed by atoms with Crippen LogP contribution in [0.15, 0.2) is 121 Å². The van der Waals surface area contributed by atoms with E-state index in [0.717, 1.165) is 33.5 Å². The first-order valence-corrected chi connectivity index (χ1v) is 18.5. The molecular formula is C42H41N3O5S. The van der Waals surface area contributed by atoms with Crippen LogP contribution in [0.1, 0.15) is 19.4 Å². The van der Waals surface area contributed by atoms with Crippen LogP contribution in [0.3, 0.4) is 0 Å². The Morgan fingerprint density at radius 1 is 0.784 bits per heavy atom. The van der Waals surface area contributed by atoms with E-state index in [-0.39, 0.29) is 24.3 Å². The molecule has 0 aromatic heterocycles. The van der Waals surface area contributed by atoms with Crippen molar-refractivity contribution in [1.29, 1.82) is 0 Å². The molecule has 0 bridgehead atoms. The minimum atomic E-state index is -1.05. The topological polar surface area (TPSA) is 90.4 Å². The molecule has 4 aromatic rings. The Balaban J connectivity index is 1.24. The van der Waals surface area contributed by atoms with Gasteiger partial charge in [0, 0.05) is 29.2 Å². The number of aliphatic hydroxyl groups excluding tert-OH is 1. The first-order valence-electron chi connectivity index (χ1n) is 17.6. The predicted octanol–water partition coefficient (Wildman–Crippen LogP) is 6.04. The number of ether oxygens (including phenoxy) is 1. The van der Waals surface area contributed by atoms with Crippen LogP contribution in [-0.4, -0.2) is 75.6 Å². The lowest BCUT2D eigenvalue weighted by atomic mass is 9.74. The maximum Gasteiger partial charge on any atom is 0.251 e. The number of carbonyl (C=O) groups excluding carboxylic acids is 3. The van der Waals surface area contributed by atoms with Crippen molar-refractivity contribution in [3.8, 4) is 5.75 Å². The molecule has 4 aromatic carbocycles. The summed E-state index contributed by atoms with van der Waals surface area (Å²) in [6.07, 6.45) is 8.46. The summed E-state index contributed by atoms with van der Waals surface area (Å²) in [5, 5.41) is 13.0. The van der Waals surface area contributed by atoms with Gasteiger partial charge >= 0.3 is 0 Å². The summed E-state index contributed by atoms with van der Waals surface area (Å²) in [4.78, 5) is 50.5. The van der Waals surface area contributed by atoms with Gasteiger partial charge in [-0.1, -0.05) is 85.0 Å². The fourth-order valence-electron chi connectivity index (χ4n) is 8.69. The normalized spacial score (nSPS) is 27.6. The molecule has 0 radical (unpaired) electrons. The van der Waals surface area contributed by atoms with Crippen molar-refractivity contribution in [2.24, 2.45) is 11.8 Å². The maximum absolute atomic E-state index is 15.2. The van der Waals surface area contributed by atoms with Gasteiger partial charge in [-0.2, -0.15) is 0 Å². The largest absolute Gasteiger partial charge is 0.494 e. The minimum Gasteiger partial charge on any atom is -0.494 e. The Kier molecular flexibility index (Phi) is 8.51. The van der Waals surface area contributed by atoms with Gasteiger partial charge in [0.15, 0.2) is 0 Å². The smallest absolute Gasteiger partial charge is 0.251 e. The Bertz CT molecular complexity index is 2050. The van der Waals surface area contributed by atoms with Gasteiger partial charge in [-0.05, 0) is 73.0 Å². The molecule has 51 heavy (non-hydrogen) atoms. The molecule has 4 aliphatic rings. The van der Waals surface area contributed by atoms with E-state index in [1.807, 2.05) is 129 Å². The number of anilines is 2. The molecule has 2 saturated heterocycles. The van der Waals surface area contributed by atoms with Crippen molar-refractivity contribution >= 4 is 51.6 Å². The van der Waals surface area contributed by atoms with E-state index < -0.39 is 33.4 Å². The Morgan fingerprint density at radius 3 is 2.18 bits per heavy atom. The standard InChI is InChI=1S/C42H41N3O5S/c1-3-50-34-19-17-31(18-20-34)43-23-9-21-41(2)35(38(43)47)36-39(48)45(33(27-46)25-28-11-5-4-6-12-28)37-40(49)44(24-10-22-42(36,37)51-41)32-16-15-29-13-7-8-14-30(29)26-32/h4-22,26,33,35-37,46H,3,23-25,27H2,1-2H3/t33-,35-,36+,37?,41+,42+/m1/s1. The number of hydrogen-bond acceptors (Lipinski definition) is 6. The fourth-order valence-corrected chi connectivity index (χ4v) is 10.8. The molecule has 4 heterocycles. The summed E-state index contributed by atoms with van der Waals surface area (Å²) in [6, 6.07) is 29.6. The first kappa shape index (κ1) is 33.3. The summed E-state index contributed by atoms with van der Waals surface area (Å²) in [5.41, 5.74) is 2.40. The van der Waals surface area contributed by atoms with Crippen LogP contribution >= 0.6 is 11.8 Å². The van der Waals surface area contributed by atoms with Crippen molar-refractivity contribution < 1.29 is 24.2 Å². The summed E-state index contributed by atoms with van der Waals surface area (Å²) >= 11 is 1.55.